The van der Waals surface area contributed by atoms with Crippen molar-refractivity contribution < 1.29 is 24.0 Å². The highest BCUT2D eigenvalue weighted by Crippen LogP contribution is 2.34. The van der Waals surface area contributed by atoms with Gasteiger partial charge in [0.25, 0.3) is 5.91 Å². The highest BCUT2D eigenvalue weighted by atomic mass is 16.6. The number of oxime groups is 1. The van der Waals surface area contributed by atoms with Crippen LogP contribution in [0.1, 0.15) is 5.56 Å². The Morgan fingerprint density at radius 1 is 0.935 bits per heavy atom. The number of nitrogens with zero attached hydrogens (tertiary/aromatic N) is 2. The van der Waals surface area contributed by atoms with E-state index in [2.05, 4.69) is 10.5 Å². The van der Waals surface area contributed by atoms with Gasteiger partial charge < -0.3 is 19.6 Å². The van der Waals surface area contributed by atoms with Crippen LogP contribution in [0.25, 0.3) is 0 Å². The number of ether oxygens (including phenoxy) is 2. The predicted octanol–water partition coefficient (Wildman–Crippen LogP) is 4.28. The largest absolute Gasteiger partial charge is 0.457 e. The minimum absolute atomic E-state index is 0.0490. The summed E-state index contributed by atoms with van der Waals surface area (Å²) in [7, 11) is 2.83. The molecule has 1 amide bonds. The molecule has 0 heterocycles. The zero-order chi connectivity index (χ0) is 22.2. The van der Waals surface area contributed by atoms with Crippen molar-refractivity contribution in [2.45, 2.75) is 0 Å². The molecule has 3 aromatic rings. The van der Waals surface area contributed by atoms with Crippen molar-refractivity contribution in [3.8, 4) is 23.0 Å². The van der Waals surface area contributed by atoms with Gasteiger partial charge in [-0.2, -0.15) is 0 Å². The molecule has 0 aliphatic rings. The lowest BCUT2D eigenvalue weighted by Crippen LogP contribution is -2.28. The molecule has 0 saturated heterocycles. The van der Waals surface area contributed by atoms with Crippen LogP contribution in [0.5, 0.6) is 23.0 Å². The molecule has 0 fully saturated rings. The SMILES string of the molecule is CNC(=O)/C(=N\OC)c1ccccc1Oc1cccc(Oc2ccccc2[N+](=O)[O-])c1. The van der Waals surface area contributed by atoms with Crippen molar-refractivity contribution >= 4 is 17.3 Å². The lowest BCUT2D eigenvalue weighted by molar-refractivity contribution is -0.385. The van der Waals surface area contributed by atoms with Gasteiger partial charge in [0.05, 0.1) is 10.5 Å². The van der Waals surface area contributed by atoms with Gasteiger partial charge in [0, 0.05) is 19.2 Å². The summed E-state index contributed by atoms with van der Waals surface area (Å²) in [6, 6.07) is 19.5. The summed E-state index contributed by atoms with van der Waals surface area (Å²) in [4.78, 5) is 27.7. The first-order chi connectivity index (χ1) is 15.0. The fourth-order valence-corrected chi connectivity index (χ4v) is 2.72. The summed E-state index contributed by atoms with van der Waals surface area (Å²) in [5.74, 6) is 0.786. The molecule has 0 aliphatic heterocycles. The smallest absolute Gasteiger partial charge is 0.311 e. The van der Waals surface area contributed by atoms with E-state index in [9.17, 15) is 14.9 Å². The Bertz CT molecular complexity index is 1130. The minimum atomic E-state index is -0.513. The highest BCUT2D eigenvalue weighted by molar-refractivity contribution is 6.45. The number of carbonyl (C=O) groups excluding carboxylic acids is 1. The second kappa shape index (κ2) is 9.88. The molecule has 0 atom stereocenters. The Kier molecular flexibility index (Phi) is 6.79. The van der Waals surface area contributed by atoms with Crippen LogP contribution in [-0.2, 0) is 9.63 Å². The molecular formula is C22H19N3O6. The molecule has 0 unspecified atom stereocenters. The molecule has 1 N–H and O–H groups in total. The van der Waals surface area contributed by atoms with E-state index in [0.717, 1.165) is 0 Å². The van der Waals surface area contributed by atoms with Crippen molar-refractivity contribution in [1.29, 1.82) is 0 Å². The molecule has 31 heavy (non-hydrogen) atoms. The molecular weight excluding hydrogens is 402 g/mol. The summed E-state index contributed by atoms with van der Waals surface area (Å²) < 4.78 is 11.6. The van der Waals surface area contributed by atoms with Gasteiger partial charge >= 0.3 is 5.69 Å². The Labute approximate surface area is 178 Å². The van der Waals surface area contributed by atoms with Gasteiger partial charge in [-0.25, -0.2) is 0 Å². The van der Waals surface area contributed by atoms with E-state index in [0.29, 0.717) is 22.8 Å². The third-order valence-corrected chi connectivity index (χ3v) is 4.09. The minimum Gasteiger partial charge on any atom is -0.457 e. The number of nitro groups is 1. The average Bonchev–Trinajstić information content (AvgIpc) is 2.78. The van der Waals surface area contributed by atoms with Crippen molar-refractivity contribution in [3.05, 3.63) is 88.5 Å². The van der Waals surface area contributed by atoms with Crippen LogP contribution in [0.15, 0.2) is 78.0 Å². The summed E-state index contributed by atoms with van der Waals surface area (Å²) in [6.07, 6.45) is 0. The lowest BCUT2D eigenvalue weighted by atomic mass is 10.1. The van der Waals surface area contributed by atoms with Gasteiger partial charge in [-0.15, -0.1) is 0 Å². The van der Waals surface area contributed by atoms with Gasteiger partial charge in [0.15, 0.2) is 5.71 Å². The van der Waals surface area contributed by atoms with Crippen molar-refractivity contribution in [3.63, 3.8) is 0 Å². The van der Waals surface area contributed by atoms with E-state index >= 15 is 0 Å². The number of amides is 1. The quantitative estimate of drug-likeness (QED) is 0.330. The fraction of sp³-hybridized carbons (Fsp3) is 0.0909. The Morgan fingerprint density at radius 2 is 1.55 bits per heavy atom. The molecule has 9 heteroatoms. The number of hydrogen-bond acceptors (Lipinski definition) is 7. The van der Waals surface area contributed by atoms with Crippen LogP contribution >= 0.6 is 0 Å². The Hall–Kier alpha value is -4.40. The summed E-state index contributed by atoms with van der Waals surface area (Å²) in [5.41, 5.74) is 0.326. The first-order valence-electron chi connectivity index (χ1n) is 9.15. The van der Waals surface area contributed by atoms with E-state index in [-0.39, 0.29) is 17.1 Å². The third-order valence-electron chi connectivity index (χ3n) is 4.09. The second-order valence-electron chi connectivity index (χ2n) is 6.10. The summed E-state index contributed by atoms with van der Waals surface area (Å²) in [5, 5.41) is 17.5. The first kappa shape index (κ1) is 21.3. The van der Waals surface area contributed by atoms with Crippen LogP contribution < -0.4 is 14.8 Å². The maximum absolute atomic E-state index is 12.2. The molecule has 0 saturated carbocycles. The van der Waals surface area contributed by atoms with Crippen LogP contribution in [0.3, 0.4) is 0 Å². The normalized spacial score (nSPS) is 10.8. The number of rotatable bonds is 8. The standard InChI is InChI=1S/C22H19N3O6/c1-23-22(26)21(24-29-2)17-10-3-5-12-19(17)30-15-8-7-9-16(14-15)31-20-13-6-4-11-18(20)25(27)28/h3-14H,1-2H3,(H,23,26)/b24-21-. The van der Waals surface area contributed by atoms with E-state index in [1.807, 2.05) is 0 Å². The van der Waals surface area contributed by atoms with Gasteiger partial charge in [0.2, 0.25) is 5.75 Å². The maximum Gasteiger partial charge on any atom is 0.311 e. The maximum atomic E-state index is 12.2. The number of carbonyl (C=O) groups is 1. The molecule has 0 spiro atoms. The van der Waals surface area contributed by atoms with Crippen molar-refractivity contribution in [2.75, 3.05) is 14.2 Å². The topological polar surface area (TPSA) is 112 Å². The molecule has 9 nitrogen and oxygen atoms in total. The molecule has 0 aromatic heterocycles. The number of nitrogens with one attached hydrogen (secondary N) is 1. The first-order valence-corrected chi connectivity index (χ1v) is 9.15. The predicted molar refractivity (Wildman–Crippen MR) is 114 cm³/mol. The number of likely N-dealkylation sites (N-methyl/N-ethyl adjacent to an activating group) is 1. The highest BCUT2D eigenvalue weighted by Gasteiger charge is 2.19. The van der Waals surface area contributed by atoms with E-state index in [1.165, 1.54) is 26.3 Å². The molecule has 0 aliphatic carbocycles. The second-order valence-corrected chi connectivity index (χ2v) is 6.10. The van der Waals surface area contributed by atoms with E-state index in [4.69, 9.17) is 14.3 Å². The summed E-state index contributed by atoms with van der Waals surface area (Å²) >= 11 is 0. The van der Waals surface area contributed by atoms with Gasteiger partial charge in [-0.3, -0.25) is 14.9 Å². The lowest BCUT2D eigenvalue weighted by Gasteiger charge is -2.13. The van der Waals surface area contributed by atoms with Crippen LogP contribution in [0, 0.1) is 10.1 Å². The zero-order valence-electron chi connectivity index (χ0n) is 16.8. The number of hydrogen-bond donors (Lipinski definition) is 1. The number of para-hydroxylation sites is 3. The molecule has 0 bridgehead atoms. The van der Waals surface area contributed by atoms with Gasteiger partial charge in [-0.05, 0) is 30.3 Å². The van der Waals surface area contributed by atoms with Crippen molar-refractivity contribution in [1.82, 2.24) is 5.32 Å². The van der Waals surface area contributed by atoms with Gasteiger partial charge in [0.1, 0.15) is 24.4 Å². The third kappa shape index (κ3) is 5.15. The van der Waals surface area contributed by atoms with E-state index < -0.39 is 10.8 Å². The zero-order valence-corrected chi connectivity index (χ0v) is 16.8. The molecule has 3 aromatic carbocycles. The number of benzene rings is 3. The van der Waals surface area contributed by atoms with E-state index in [1.54, 1.807) is 60.7 Å². The van der Waals surface area contributed by atoms with Crippen LogP contribution in [0.2, 0.25) is 0 Å². The monoisotopic (exact) mass is 421 g/mol. The molecule has 158 valence electrons. The molecule has 3 rings (SSSR count). The van der Waals surface area contributed by atoms with Gasteiger partial charge in [-0.1, -0.05) is 35.5 Å². The Balaban J connectivity index is 1.90. The Morgan fingerprint density at radius 3 is 2.19 bits per heavy atom. The fourth-order valence-electron chi connectivity index (χ4n) is 2.72. The molecule has 0 radical (unpaired) electrons. The van der Waals surface area contributed by atoms with Crippen LogP contribution in [-0.4, -0.2) is 30.7 Å². The number of nitro benzene ring substituents is 1. The summed E-state index contributed by atoms with van der Waals surface area (Å²) in [6.45, 7) is 0. The average molecular weight is 421 g/mol. The van der Waals surface area contributed by atoms with Crippen LogP contribution in [0.4, 0.5) is 5.69 Å². The van der Waals surface area contributed by atoms with Crippen molar-refractivity contribution in [2.24, 2.45) is 5.16 Å².